The zero-order valence-corrected chi connectivity index (χ0v) is 12.7. The first kappa shape index (κ1) is 15.0. The predicted octanol–water partition coefficient (Wildman–Crippen LogP) is 4.60. The molecule has 0 spiro atoms. The molecular weight excluding hydrogens is 270 g/mol. The third-order valence-corrected chi connectivity index (χ3v) is 4.69. The maximum absolute atomic E-state index is 4.93. The van der Waals surface area contributed by atoms with Crippen LogP contribution in [0.2, 0.25) is 0 Å². The van der Waals surface area contributed by atoms with Gasteiger partial charge < -0.3 is 4.90 Å². The Balaban J connectivity index is 0.00000144. The first-order valence-electron chi connectivity index (χ1n) is 7.96. The number of fused-ring (bicyclic) bond motifs is 2. The summed E-state index contributed by atoms with van der Waals surface area (Å²) < 4.78 is 0. The molecule has 3 nitrogen and oxygen atoms in total. The Labute approximate surface area is 133 Å². The molecule has 116 valence electrons. The molecule has 2 bridgehead atoms. The van der Waals surface area contributed by atoms with Crippen molar-refractivity contribution in [1.29, 1.82) is 0 Å². The van der Waals surface area contributed by atoms with Crippen molar-refractivity contribution in [3.8, 4) is 11.3 Å². The highest BCUT2D eigenvalue weighted by molar-refractivity contribution is 5.78. The molecule has 3 aliphatic heterocycles. The molecule has 1 saturated heterocycles. The smallest absolute Gasteiger partial charge is 0.132 e. The minimum atomic E-state index is 0. The Bertz CT molecular complexity index is 656. The highest BCUT2D eigenvalue weighted by atomic mass is 15.2. The van der Waals surface area contributed by atoms with Crippen LogP contribution in [0.3, 0.4) is 0 Å². The summed E-state index contributed by atoms with van der Waals surface area (Å²) in [6.45, 7) is 6.67. The number of benzene rings is 1. The summed E-state index contributed by atoms with van der Waals surface area (Å²) in [6, 6.07) is 10.6. The van der Waals surface area contributed by atoms with E-state index in [1.165, 1.54) is 29.8 Å². The van der Waals surface area contributed by atoms with Crippen LogP contribution in [0.4, 0.5) is 5.69 Å². The van der Waals surface area contributed by atoms with Crippen molar-refractivity contribution in [2.75, 3.05) is 18.0 Å². The topological polar surface area (TPSA) is 29.0 Å². The van der Waals surface area contributed by atoms with E-state index in [2.05, 4.69) is 49.1 Å². The Morgan fingerprint density at radius 3 is 2.36 bits per heavy atom. The van der Waals surface area contributed by atoms with Crippen molar-refractivity contribution >= 4 is 5.69 Å². The van der Waals surface area contributed by atoms with Gasteiger partial charge in [0.25, 0.3) is 0 Å². The van der Waals surface area contributed by atoms with Crippen molar-refractivity contribution in [1.82, 2.24) is 9.97 Å². The second-order valence-electron chi connectivity index (χ2n) is 6.45. The van der Waals surface area contributed by atoms with Gasteiger partial charge in [0.2, 0.25) is 0 Å². The van der Waals surface area contributed by atoms with Gasteiger partial charge in [-0.25, -0.2) is 9.97 Å². The summed E-state index contributed by atoms with van der Waals surface area (Å²) in [5.41, 5.74) is 4.94. The van der Waals surface area contributed by atoms with Gasteiger partial charge in [-0.1, -0.05) is 51.6 Å². The highest BCUT2D eigenvalue weighted by Crippen LogP contribution is 2.45. The van der Waals surface area contributed by atoms with Crippen LogP contribution in [-0.2, 0) is 0 Å². The van der Waals surface area contributed by atoms with Gasteiger partial charge in [0.05, 0.1) is 17.1 Å². The first-order chi connectivity index (χ1) is 10.2. The zero-order valence-electron chi connectivity index (χ0n) is 12.7. The van der Waals surface area contributed by atoms with E-state index < -0.39 is 0 Å². The monoisotopic (exact) mass is 295 g/mol. The van der Waals surface area contributed by atoms with Crippen molar-refractivity contribution in [2.45, 2.75) is 46.0 Å². The Kier molecular flexibility index (Phi) is 3.90. The van der Waals surface area contributed by atoms with Gasteiger partial charge in [0.15, 0.2) is 0 Å². The number of rotatable bonds is 2. The van der Waals surface area contributed by atoms with Gasteiger partial charge >= 0.3 is 0 Å². The average molecular weight is 295 g/mol. The van der Waals surface area contributed by atoms with Crippen LogP contribution >= 0.6 is 0 Å². The maximum atomic E-state index is 4.93. The highest BCUT2D eigenvalue weighted by Gasteiger charge is 2.35. The standard InChI is InChI=1S/C18H21N3.CH4/c1-12(2)18-19-15(13-6-4-3-5-7-13)17-16(20-18)14-8-10-21(17)11-9-14;/h3-7,12,14H,8-11H2,1-2H3;1H4. The van der Waals surface area contributed by atoms with Gasteiger partial charge in [-0.3, -0.25) is 0 Å². The lowest BCUT2D eigenvalue weighted by Crippen LogP contribution is -2.40. The maximum Gasteiger partial charge on any atom is 0.132 e. The second-order valence-corrected chi connectivity index (χ2v) is 6.45. The number of aromatic nitrogens is 2. The molecule has 3 aliphatic rings. The molecule has 4 heterocycles. The number of piperidine rings is 1. The molecule has 5 rings (SSSR count). The third kappa shape index (κ3) is 2.29. The second kappa shape index (κ2) is 5.71. The summed E-state index contributed by atoms with van der Waals surface area (Å²) in [5, 5.41) is 0. The van der Waals surface area contributed by atoms with Gasteiger partial charge in [0, 0.05) is 30.5 Å². The molecule has 0 unspecified atom stereocenters. The molecule has 0 atom stereocenters. The zero-order chi connectivity index (χ0) is 14.4. The van der Waals surface area contributed by atoms with E-state index in [-0.39, 0.29) is 7.43 Å². The van der Waals surface area contributed by atoms with Crippen molar-refractivity contribution in [2.24, 2.45) is 0 Å². The molecule has 2 aromatic rings. The quantitative estimate of drug-likeness (QED) is 0.810. The molecule has 0 aliphatic carbocycles. The van der Waals surface area contributed by atoms with E-state index in [1.807, 2.05) is 0 Å². The van der Waals surface area contributed by atoms with E-state index in [4.69, 9.17) is 9.97 Å². The van der Waals surface area contributed by atoms with Gasteiger partial charge in [-0.05, 0) is 12.8 Å². The molecule has 0 saturated carbocycles. The third-order valence-electron chi connectivity index (χ3n) is 4.69. The Morgan fingerprint density at radius 2 is 1.73 bits per heavy atom. The number of hydrogen-bond acceptors (Lipinski definition) is 3. The molecule has 1 aromatic carbocycles. The Morgan fingerprint density at radius 1 is 1.05 bits per heavy atom. The molecule has 0 N–H and O–H groups in total. The van der Waals surface area contributed by atoms with E-state index in [0.717, 1.165) is 24.6 Å². The Hall–Kier alpha value is -1.90. The van der Waals surface area contributed by atoms with E-state index in [1.54, 1.807) is 0 Å². The summed E-state index contributed by atoms with van der Waals surface area (Å²) in [5.74, 6) is 1.99. The van der Waals surface area contributed by atoms with E-state index in [9.17, 15) is 0 Å². The van der Waals surface area contributed by atoms with Crippen LogP contribution in [0, 0.1) is 0 Å². The van der Waals surface area contributed by atoms with Gasteiger partial charge in [-0.15, -0.1) is 0 Å². The molecule has 3 heteroatoms. The van der Waals surface area contributed by atoms with Crippen molar-refractivity contribution in [3.63, 3.8) is 0 Å². The molecular formula is C19H25N3. The van der Waals surface area contributed by atoms with Gasteiger partial charge in [0.1, 0.15) is 5.82 Å². The van der Waals surface area contributed by atoms with Crippen LogP contribution in [0.15, 0.2) is 30.3 Å². The molecule has 1 aromatic heterocycles. The van der Waals surface area contributed by atoms with Crippen LogP contribution in [0.5, 0.6) is 0 Å². The van der Waals surface area contributed by atoms with Crippen LogP contribution in [0.1, 0.15) is 57.5 Å². The number of hydrogen-bond donors (Lipinski definition) is 0. The molecule has 22 heavy (non-hydrogen) atoms. The molecule has 0 radical (unpaired) electrons. The fourth-order valence-corrected chi connectivity index (χ4v) is 3.52. The summed E-state index contributed by atoms with van der Waals surface area (Å²) in [7, 11) is 0. The van der Waals surface area contributed by atoms with Crippen LogP contribution < -0.4 is 4.90 Å². The predicted molar refractivity (Wildman–Crippen MR) is 92.5 cm³/mol. The lowest BCUT2D eigenvalue weighted by molar-refractivity contribution is 0.459. The number of anilines is 1. The minimum Gasteiger partial charge on any atom is -0.368 e. The fraction of sp³-hybridized carbons (Fsp3) is 0.474. The van der Waals surface area contributed by atoms with Crippen molar-refractivity contribution < 1.29 is 0 Å². The normalized spacial score (nSPS) is 16.6. The average Bonchev–Trinajstić information content (AvgIpc) is 2.55. The molecule has 0 amide bonds. The summed E-state index contributed by atoms with van der Waals surface area (Å²) in [6.07, 6.45) is 2.49. The van der Waals surface area contributed by atoms with Crippen LogP contribution in [-0.4, -0.2) is 23.1 Å². The van der Waals surface area contributed by atoms with Gasteiger partial charge in [-0.2, -0.15) is 0 Å². The minimum absolute atomic E-state index is 0. The SMILES string of the molecule is C.CC(C)c1nc(-c2ccccc2)c2c(n1)C1CCN2CC1. The van der Waals surface area contributed by atoms with Crippen molar-refractivity contribution in [3.05, 3.63) is 41.9 Å². The number of nitrogens with zero attached hydrogens (tertiary/aromatic N) is 3. The lowest BCUT2D eigenvalue weighted by atomic mass is 9.85. The fourth-order valence-electron chi connectivity index (χ4n) is 3.52. The summed E-state index contributed by atoms with van der Waals surface area (Å²) >= 11 is 0. The van der Waals surface area contributed by atoms with E-state index in [0.29, 0.717) is 11.8 Å². The summed E-state index contributed by atoms with van der Waals surface area (Å²) in [4.78, 5) is 12.3. The first-order valence-corrected chi connectivity index (χ1v) is 7.96. The molecule has 1 fully saturated rings. The largest absolute Gasteiger partial charge is 0.368 e. The van der Waals surface area contributed by atoms with Crippen LogP contribution in [0.25, 0.3) is 11.3 Å². The lowest BCUT2D eigenvalue weighted by Gasteiger charge is -2.42. The van der Waals surface area contributed by atoms with E-state index >= 15 is 0 Å².